The van der Waals surface area contributed by atoms with Crippen molar-refractivity contribution < 1.29 is 17.9 Å². The molecule has 2 aromatic heterocycles. The summed E-state index contributed by atoms with van der Waals surface area (Å²) in [4.78, 5) is 9.30. The van der Waals surface area contributed by atoms with Crippen molar-refractivity contribution in [2.24, 2.45) is 0 Å². The van der Waals surface area contributed by atoms with Crippen LogP contribution in [0.15, 0.2) is 69.7 Å². The van der Waals surface area contributed by atoms with E-state index in [0.717, 1.165) is 40.6 Å². The second-order valence-electron chi connectivity index (χ2n) is 6.48. The number of anilines is 1. The van der Waals surface area contributed by atoms with Gasteiger partial charge in [-0.3, -0.25) is 9.29 Å². The topological polar surface area (TPSA) is 38.2 Å². The molecule has 2 aromatic carbocycles. The van der Waals surface area contributed by atoms with Crippen molar-refractivity contribution in [3.63, 3.8) is 0 Å². The second-order valence-corrected chi connectivity index (χ2v) is 9.82. The average molecular weight is 538 g/mol. The molecule has 4 nitrogen and oxygen atoms in total. The number of hydrogen-bond donors (Lipinski definition) is 0. The summed E-state index contributed by atoms with van der Waals surface area (Å²) >= 11 is 5.62. The van der Waals surface area contributed by atoms with Gasteiger partial charge in [0, 0.05) is 25.1 Å². The third kappa shape index (κ3) is 4.83. The predicted molar refractivity (Wildman–Crippen MR) is 125 cm³/mol. The molecule has 0 N–H and O–H groups in total. The van der Waals surface area contributed by atoms with Gasteiger partial charge in [-0.15, -0.1) is 11.3 Å². The standard InChI is InChI=1S/C22H15BrF3N3OS2/c1-30-12-29(32-18-11-14(24)5-6-16(18)25)17-4-2-3-15(19(17)26)20-21(31-22(23)28-20)13-7-9-27-10-8-13/h2-11H,12H2,1H3. The van der Waals surface area contributed by atoms with Gasteiger partial charge in [0.05, 0.1) is 21.2 Å². The van der Waals surface area contributed by atoms with Crippen molar-refractivity contribution in [2.45, 2.75) is 4.90 Å². The highest BCUT2D eigenvalue weighted by molar-refractivity contribution is 9.11. The maximum Gasteiger partial charge on any atom is 0.160 e. The van der Waals surface area contributed by atoms with Gasteiger partial charge in [-0.1, -0.05) is 6.07 Å². The summed E-state index contributed by atoms with van der Waals surface area (Å²) < 4.78 is 50.8. The smallest absolute Gasteiger partial charge is 0.160 e. The number of benzene rings is 2. The lowest BCUT2D eigenvalue weighted by Crippen LogP contribution is -2.19. The first-order valence-corrected chi connectivity index (χ1v) is 11.6. The molecule has 4 rings (SSSR count). The van der Waals surface area contributed by atoms with E-state index in [9.17, 15) is 8.78 Å². The highest BCUT2D eigenvalue weighted by Gasteiger charge is 2.22. The number of nitrogens with zero attached hydrogens (tertiary/aromatic N) is 3. The maximum absolute atomic E-state index is 15.8. The van der Waals surface area contributed by atoms with E-state index in [1.807, 2.05) is 12.1 Å². The lowest BCUT2D eigenvalue weighted by Gasteiger charge is -2.23. The van der Waals surface area contributed by atoms with Gasteiger partial charge in [-0.05, 0) is 75.9 Å². The van der Waals surface area contributed by atoms with E-state index in [1.165, 1.54) is 22.8 Å². The van der Waals surface area contributed by atoms with E-state index in [0.29, 0.717) is 9.61 Å². The first kappa shape index (κ1) is 22.8. The van der Waals surface area contributed by atoms with Crippen molar-refractivity contribution >= 4 is 44.9 Å². The summed E-state index contributed by atoms with van der Waals surface area (Å²) in [6, 6.07) is 11.6. The van der Waals surface area contributed by atoms with Gasteiger partial charge in [-0.2, -0.15) is 0 Å². The van der Waals surface area contributed by atoms with Crippen molar-refractivity contribution in [3.05, 3.63) is 82.3 Å². The highest BCUT2D eigenvalue weighted by Crippen LogP contribution is 2.42. The minimum absolute atomic E-state index is 0.0146. The fourth-order valence-electron chi connectivity index (χ4n) is 3.00. The van der Waals surface area contributed by atoms with E-state index in [-0.39, 0.29) is 22.9 Å². The second kappa shape index (κ2) is 10.0. The number of thiazole rings is 1. The van der Waals surface area contributed by atoms with E-state index in [2.05, 4.69) is 25.9 Å². The molecule has 0 aliphatic heterocycles. The highest BCUT2D eigenvalue weighted by atomic mass is 79.9. The molecule has 0 atom stereocenters. The van der Waals surface area contributed by atoms with E-state index in [4.69, 9.17) is 4.74 Å². The van der Waals surface area contributed by atoms with Crippen molar-refractivity contribution in [1.82, 2.24) is 9.97 Å². The molecular weight excluding hydrogens is 523 g/mol. The molecule has 10 heteroatoms. The van der Waals surface area contributed by atoms with Gasteiger partial charge in [0.15, 0.2) is 9.73 Å². The Labute approximate surface area is 199 Å². The number of aromatic nitrogens is 2. The number of hydrogen-bond acceptors (Lipinski definition) is 6. The average Bonchev–Trinajstić information content (AvgIpc) is 3.18. The maximum atomic E-state index is 15.8. The monoisotopic (exact) mass is 537 g/mol. The Morgan fingerprint density at radius 1 is 1.09 bits per heavy atom. The SMILES string of the molecule is COCN(Sc1cc(F)ccc1F)c1cccc(-c2nc(Br)sc2-c2ccncc2)c1F. The summed E-state index contributed by atoms with van der Waals surface area (Å²) in [5.74, 6) is -1.76. The van der Waals surface area contributed by atoms with Crippen LogP contribution in [-0.4, -0.2) is 23.8 Å². The van der Waals surface area contributed by atoms with Crippen LogP contribution in [-0.2, 0) is 4.74 Å². The summed E-state index contributed by atoms with van der Waals surface area (Å²) in [5, 5.41) is 0. The first-order chi connectivity index (χ1) is 15.5. The summed E-state index contributed by atoms with van der Waals surface area (Å²) in [6.07, 6.45) is 3.31. The van der Waals surface area contributed by atoms with E-state index < -0.39 is 17.5 Å². The molecule has 164 valence electrons. The van der Waals surface area contributed by atoms with Crippen LogP contribution in [0.3, 0.4) is 0 Å². The Morgan fingerprint density at radius 3 is 2.62 bits per heavy atom. The minimum Gasteiger partial charge on any atom is -0.363 e. The molecule has 0 amide bonds. The van der Waals surface area contributed by atoms with Crippen LogP contribution in [0.1, 0.15) is 0 Å². The largest absolute Gasteiger partial charge is 0.363 e. The van der Waals surface area contributed by atoms with Crippen LogP contribution >= 0.6 is 39.2 Å². The molecule has 0 bridgehead atoms. The van der Waals surface area contributed by atoms with Gasteiger partial charge >= 0.3 is 0 Å². The Balaban J connectivity index is 1.77. The number of methoxy groups -OCH3 is 1. The molecule has 0 fully saturated rings. The van der Waals surface area contributed by atoms with Gasteiger partial charge in [0.1, 0.15) is 18.4 Å². The Kier molecular flexibility index (Phi) is 7.14. The first-order valence-electron chi connectivity index (χ1n) is 9.23. The third-order valence-electron chi connectivity index (χ3n) is 4.39. The third-order valence-corrected chi connectivity index (χ3v) is 6.98. The van der Waals surface area contributed by atoms with Crippen LogP contribution in [0.5, 0.6) is 0 Å². The minimum atomic E-state index is -0.613. The molecular formula is C22H15BrF3N3OS2. The van der Waals surface area contributed by atoms with Gasteiger partial charge in [-0.25, -0.2) is 18.2 Å². The zero-order chi connectivity index (χ0) is 22.7. The van der Waals surface area contributed by atoms with Crippen LogP contribution in [0, 0.1) is 17.5 Å². The van der Waals surface area contributed by atoms with Crippen molar-refractivity contribution in [3.8, 4) is 21.7 Å². The lowest BCUT2D eigenvalue weighted by molar-refractivity contribution is 0.211. The van der Waals surface area contributed by atoms with Crippen LogP contribution in [0.4, 0.5) is 18.9 Å². The summed E-state index contributed by atoms with van der Waals surface area (Å²) in [6.45, 7) is -0.0566. The number of halogens is 4. The Morgan fingerprint density at radius 2 is 1.88 bits per heavy atom. The number of rotatable bonds is 7. The summed E-state index contributed by atoms with van der Waals surface area (Å²) in [5.41, 5.74) is 1.75. The van der Waals surface area contributed by atoms with E-state index >= 15 is 4.39 Å². The molecule has 0 aliphatic carbocycles. The number of pyridine rings is 1. The normalized spacial score (nSPS) is 11.0. The van der Waals surface area contributed by atoms with Crippen LogP contribution in [0.25, 0.3) is 21.7 Å². The van der Waals surface area contributed by atoms with Crippen molar-refractivity contribution in [1.29, 1.82) is 0 Å². The van der Waals surface area contributed by atoms with Crippen molar-refractivity contribution in [2.75, 3.05) is 18.1 Å². The summed E-state index contributed by atoms with van der Waals surface area (Å²) in [7, 11) is 1.44. The predicted octanol–water partition coefficient (Wildman–Crippen LogP) is 7.17. The molecule has 2 heterocycles. The molecule has 0 radical (unpaired) electrons. The molecule has 4 aromatic rings. The zero-order valence-corrected chi connectivity index (χ0v) is 19.8. The Hall–Kier alpha value is -2.40. The molecule has 0 aliphatic rings. The van der Waals surface area contributed by atoms with Gasteiger partial charge in [0.2, 0.25) is 0 Å². The van der Waals surface area contributed by atoms with Gasteiger partial charge in [0.25, 0.3) is 0 Å². The number of ether oxygens (including phenoxy) is 1. The lowest BCUT2D eigenvalue weighted by atomic mass is 10.1. The van der Waals surface area contributed by atoms with E-state index in [1.54, 1.807) is 30.6 Å². The molecule has 0 unspecified atom stereocenters. The quantitative estimate of drug-likeness (QED) is 0.184. The fourth-order valence-corrected chi connectivity index (χ4v) is 5.43. The zero-order valence-electron chi connectivity index (χ0n) is 16.6. The van der Waals surface area contributed by atoms with Crippen LogP contribution in [0.2, 0.25) is 0 Å². The Bertz CT molecular complexity index is 1240. The molecule has 32 heavy (non-hydrogen) atoms. The van der Waals surface area contributed by atoms with Crippen LogP contribution < -0.4 is 4.31 Å². The molecule has 0 saturated heterocycles. The molecule has 0 spiro atoms. The fraction of sp³-hybridized carbons (Fsp3) is 0.0909. The molecule has 0 saturated carbocycles. The van der Waals surface area contributed by atoms with Gasteiger partial charge < -0.3 is 4.74 Å².